The third kappa shape index (κ3) is 3.36. The van der Waals surface area contributed by atoms with Gasteiger partial charge in [-0.15, -0.1) is 0 Å². The Kier molecular flexibility index (Phi) is 4.10. The molecule has 1 aromatic carbocycles. The largest absolute Gasteiger partial charge is 0.324 e. The molecule has 0 bridgehead atoms. The van der Waals surface area contributed by atoms with Crippen molar-refractivity contribution in [1.29, 1.82) is 0 Å². The van der Waals surface area contributed by atoms with Gasteiger partial charge in [0.05, 0.1) is 5.69 Å². The number of anilines is 2. The van der Waals surface area contributed by atoms with Crippen LogP contribution < -0.4 is 5.32 Å². The first-order chi connectivity index (χ1) is 10.2. The normalized spacial score (nSPS) is 14.8. The summed E-state index contributed by atoms with van der Waals surface area (Å²) in [6, 6.07) is 6.20. The second-order valence-corrected chi connectivity index (χ2v) is 5.32. The highest BCUT2D eigenvalue weighted by Crippen LogP contribution is 2.19. The molecule has 1 aliphatic rings. The van der Waals surface area contributed by atoms with Gasteiger partial charge in [0.1, 0.15) is 5.82 Å². The van der Waals surface area contributed by atoms with Crippen LogP contribution in [0.25, 0.3) is 0 Å². The van der Waals surface area contributed by atoms with Gasteiger partial charge in [0, 0.05) is 37.0 Å². The first kappa shape index (κ1) is 13.9. The first-order valence-electron chi connectivity index (χ1n) is 7.34. The van der Waals surface area contributed by atoms with Crippen LogP contribution in [0.1, 0.15) is 24.6 Å². The summed E-state index contributed by atoms with van der Waals surface area (Å²) in [4.78, 5) is 11.4. The lowest BCUT2D eigenvalue weighted by molar-refractivity contribution is 0.252. The summed E-state index contributed by atoms with van der Waals surface area (Å²) in [7, 11) is 0. The second kappa shape index (κ2) is 6.18. The van der Waals surface area contributed by atoms with E-state index in [-0.39, 0.29) is 5.82 Å². The van der Waals surface area contributed by atoms with Crippen molar-refractivity contribution in [2.75, 3.05) is 18.4 Å². The quantitative estimate of drug-likeness (QED) is 0.937. The summed E-state index contributed by atoms with van der Waals surface area (Å²) in [5, 5.41) is 3.12. The number of fused-ring (bicyclic) bond motifs is 1. The maximum atomic E-state index is 12.9. The van der Waals surface area contributed by atoms with E-state index in [1.165, 1.54) is 24.1 Å². The number of halogens is 1. The number of rotatable bonds is 4. The SMILES string of the molecule is CCCN1CCc2nc(Nc3ccc(F)cc3)ncc2C1. The topological polar surface area (TPSA) is 41.1 Å². The molecule has 1 aromatic heterocycles. The smallest absolute Gasteiger partial charge is 0.227 e. The zero-order valence-corrected chi connectivity index (χ0v) is 12.1. The minimum atomic E-state index is -0.247. The third-order valence-corrected chi connectivity index (χ3v) is 3.65. The summed E-state index contributed by atoms with van der Waals surface area (Å²) in [5.74, 6) is 0.326. The van der Waals surface area contributed by atoms with Crippen LogP contribution in [0.15, 0.2) is 30.5 Å². The van der Waals surface area contributed by atoms with E-state index in [0.29, 0.717) is 5.95 Å². The monoisotopic (exact) mass is 286 g/mol. The molecule has 0 unspecified atom stereocenters. The number of hydrogen-bond acceptors (Lipinski definition) is 4. The van der Waals surface area contributed by atoms with Gasteiger partial charge in [-0.2, -0.15) is 0 Å². The number of aromatic nitrogens is 2. The Morgan fingerprint density at radius 3 is 2.86 bits per heavy atom. The highest BCUT2D eigenvalue weighted by atomic mass is 19.1. The molecule has 110 valence electrons. The van der Waals surface area contributed by atoms with Crippen LogP contribution in [0, 0.1) is 5.82 Å². The lowest BCUT2D eigenvalue weighted by atomic mass is 10.1. The molecule has 21 heavy (non-hydrogen) atoms. The van der Waals surface area contributed by atoms with Crippen LogP contribution >= 0.6 is 0 Å². The molecule has 0 saturated carbocycles. The molecule has 1 N–H and O–H groups in total. The first-order valence-corrected chi connectivity index (χ1v) is 7.34. The van der Waals surface area contributed by atoms with Crippen LogP contribution in [0.3, 0.4) is 0 Å². The molecule has 1 aliphatic heterocycles. The Morgan fingerprint density at radius 2 is 2.10 bits per heavy atom. The van der Waals surface area contributed by atoms with Gasteiger partial charge in [-0.3, -0.25) is 4.90 Å². The van der Waals surface area contributed by atoms with E-state index in [0.717, 1.165) is 37.4 Å². The van der Waals surface area contributed by atoms with Gasteiger partial charge in [-0.1, -0.05) is 6.92 Å². The van der Waals surface area contributed by atoms with Crippen molar-refractivity contribution in [2.24, 2.45) is 0 Å². The maximum Gasteiger partial charge on any atom is 0.227 e. The molecule has 2 heterocycles. The highest BCUT2D eigenvalue weighted by molar-refractivity contribution is 5.53. The van der Waals surface area contributed by atoms with Gasteiger partial charge < -0.3 is 5.32 Å². The van der Waals surface area contributed by atoms with Crippen molar-refractivity contribution >= 4 is 11.6 Å². The molecule has 5 heteroatoms. The Labute approximate surface area is 124 Å². The van der Waals surface area contributed by atoms with E-state index in [9.17, 15) is 4.39 Å². The fraction of sp³-hybridized carbons (Fsp3) is 0.375. The molecular formula is C16H19FN4. The number of hydrogen-bond donors (Lipinski definition) is 1. The van der Waals surface area contributed by atoms with Crippen LogP contribution in [0.2, 0.25) is 0 Å². The fourth-order valence-corrected chi connectivity index (χ4v) is 2.60. The Hall–Kier alpha value is -2.01. The van der Waals surface area contributed by atoms with Gasteiger partial charge >= 0.3 is 0 Å². The average molecular weight is 286 g/mol. The molecule has 0 atom stereocenters. The Balaban J connectivity index is 1.73. The van der Waals surface area contributed by atoms with E-state index in [2.05, 4.69) is 27.1 Å². The summed E-state index contributed by atoms with van der Waals surface area (Å²) >= 11 is 0. The summed E-state index contributed by atoms with van der Waals surface area (Å²) in [5.41, 5.74) is 3.11. The second-order valence-electron chi connectivity index (χ2n) is 5.32. The van der Waals surface area contributed by atoms with Crippen molar-refractivity contribution in [3.05, 3.63) is 47.5 Å². The Bertz CT molecular complexity index is 612. The lowest BCUT2D eigenvalue weighted by Crippen LogP contribution is -2.31. The average Bonchev–Trinajstić information content (AvgIpc) is 2.50. The van der Waals surface area contributed by atoms with Crippen molar-refractivity contribution in [3.63, 3.8) is 0 Å². The van der Waals surface area contributed by atoms with E-state index >= 15 is 0 Å². The van der Waals surface area contributed by atoms with E-state index in [1.54, 1.807) is 12.1 Å². The van der Waals surface area contributed by atoms with Crippen molar-refractivity contribution in [2.45, 2.75) is 26.3 Å². The molecule has 3 rings (SSSR count). The van der Waals surface area contributed by atoms with Crippen LogP contribution in [-0.4, -0.2) is 28.0 Å². The zero-order valence-electron chi connectivity index (χ0n) is 12.1. The lowest BCUT2D eigenvalue weighted by Gasteiger charge is -2.27. The van der Waals surface area contributed by atoms with Crippen LogP contribution in [0.5, 0.6) is 0 Å². The zero-order chi connectivity index (χ0) is 14.7. The van der Waals surface area contributed by atoms with E-state index in [1.807, 2.05) is 6.20 Å². The molecule has 2 aromatic rings. The fourth-order valence-electron chi connectivity index (χ4n) is 2.60. The predicted octanol–water partition coefficient (Wildman–Crippen LogP) is 3.13. The van der Waals surface area contributed by atoms with E-state index < -0.39 is 0 Å². The van der Waals surface area contributed by atoms with Crippen molar-refractivity contribution in [3.8, 4) is 0 Å². The molecule has 0 aliphatic carbocycles. The predicted molar refractivity (Wildman–Crippen MR) is 81.0 cm³/mol. The third-order valence-electron chi connectivity index (χ3n) is 3.65. The van der Waals surface area contributed by atoms with Crippen molar-refractivity contribution in [1.82, 2.24) is 14.9 Å². The molecule has 0 amide bonds. The summed E-state index contributed by atoms with van der Waals surface area (Å²) in [6.45, 7) is 5.30. The van der Waals surface area contributed by atoms with Gasteiger partial charge in [-0.05, 0) is 37.2 Å². The highest BCUT2D eigenvalue weighted by Gasteiger charge is 2.17. The molecule has 0 saturated heterocycles. The van der Waals surface area contributed by atoms with E-state index in [4.69, 9.17) is 0 Å². The summed E-state index contributed by atoms with van der Waals surface area (Å²) < 4.78 is 12.9. The molecule has 0 radical (unpaired) electrons. The Morgan fingerprint density at radius 1 is 1.29 bits per heavy atom. The van der Waals surface area contributed by atoms with Gasteiger partial charge in [0.2, 0.25) is 5.95 Å². The summed E-state index contributed by atoms with van der Waals surface area (Å²) in [6.07, 6.45) is 4.02. The number of nitrogens with zero attached hydrogens (tertiary/aromatic N) is 3. The van der Waals surface area contributed by atoms with Crippen molar-refractivity contribution < 1.29 is 4.39 Å². The standard InChI is InChI=1S/C16H19FN4/c1-2-8-21-9-7-15-12(11-21)10-18-16(20-15)19-14-5-3-13(17)4-6-14/h3-6,10H,2,7-9,11H2,1H3,(H,18,19,20). The van der Waals surface area contributed by atoms with Crippen LogP contribution in [0.4, 0.5) is 16.0 Å². The molecule has 4 nitrogen and oxygen atoms in total. The minimum Gasteiger partial charge on any atom is -0.324 e. The molecule has 0 fully saturated rings. The van der Waals surface area contributed by atoms with Gasteiger partial charge in [-0.25, -0.2) is 14.4 Å². The minimum absolute atomic E-state index is 0.247. The number of nitrogens with one attached hydrogen (secondary N) is 1. The molecular weight excluding hydrogens is 267 g/mol. The number of benzene rings is 1. The van der Waals surface area contributed by atoms with Gasteiger partial charge in [0.25, 0.3) is 0 Å². The van der Waals surface area contributed by atoms with Gasteiger partial charge in [0.15, 0.2) is 0 Å². The van der Waals surface area contributed by atoms with Crippen LogP contribution in [-0.2, 0) is 13.0 Å². The maximum absolute atomic E-state index is 12.9. The molecule has 0 spiro atoms.